The number of benzene rings is 1. The maximum Gasteiger partial charge on any atom is 0.128 e. The number of nitrogens with zero attached hydrogens (tertiary/aromatic N) is 2. The van der Waals surface area contributed by atoms with Crippen molar-refractivity contribution in [3.05, 3.63) is 35.9 Å². The van der Waals surface area contributed by atoms with E-state index in [4.69, 9.17) is 0 Å². The molecule has 3 rings (SSSR count). The number of aromatic nitrogens is 1. The standard InChI is InChI=1S/C17H19N3/c1-2-7-17(8-9-17)12-19-16-10-13(11-18)14-5-3-4-6-15(14)20-16/h3-6,10H,2,7-9,12H2,1H3,(H,19,20). The fraction of sp³-hybridized carbons (Fsp3) is 0.412. The summed E-state index contributed by atoms with van der Waals surface area (Å²) in [6.07, 6.45) is 5.13. The predicted octanol–water partition coefficient (Wildman–Crippen LogP) is 4.10. The summed E-state index contributed by atoms with van der Waals surface area (Å²) >= 11 is 0. The first kappa shape index (κ1) is 12.9. The number of rotatable bonds is 5. The van der Waals surface area contributed by atoms with Gasteiger partial charge in [0.05, 0.1) is 17.1 Å². The van der Waals surface area contributed by atoms with E-state index in [0.29, 0.717) is 11.0 Å². The van der Waals surface area contributed by atoms with Crippen molar-refractivity contribution >= 4 is 16.7 Å². The molecule has 3 heteroatoms. The molecule has 0 bridgehead atoms. The monoisotopic (exact) mass is 265 g/mol. The third-order valence-corrected chi connectivity index (χ3v) is 4.22. The van der Waals surface area contributed by atoms with Crippen molar-refractivity contribution in [1.82, 2.24) is 4.98 Å². The Morgan fingerprint density at radius 1 is 1.35 bits per heavy atom. The van der Waals surface area contributed by atoms with Gasteiger partial charge in [0.15, 0.2) is 0 Å². The summed E-state index contributed by atoms with van der Waals surface area (Å²) in [5.41, 5.74) is 2.06. The van der Waals surface area contributed by atoms with E-state index in [2.05, 4.69) is 23.3 Å². The number of pyridine rings is 1. The van der Waals surface area contributed by atoms with Crippen molar-refractivity contribution in [2.75, 3.05) is 11.9 Å². The van der Waals surface area contributed by atoms with Crippen molar-refractivity contribution < 1.29 is 0 Å². The second kappa shape index (κ2) is 5.13. The van der Waals surface area contributed by atoms with E-state index in [1.165, 1.54) is 25.7 Å². The molecule has 0 spiro atoms. The summed E-state index contributed by atoms with van der Waals surface area (Å²) in [7, 11) is 0. The molecule has 20 heavy (non-hydrogen) atoms. The van der Waals surface area contributed by atoms with Crippen molar-refractivity contribution in [2.24, 2.45) is 5.41 Å². The highest BCUT2D eigenvalue weighted by atomic mass is 15.0. The zero-order valence-electron chi connectivity index (χ0n) is 11.8. The molecule has 0 atom stereocenters. The molecule has 0 radical (unpaired) electrons. The molecule has 0 aliphatic heterocycles. The Kier molecular flexibility index (Phi) is 3.31. The van der Waals surface area contributed by atoms with Crippen LogP contribution in [-0.4, -0.2) is 11.5 Å². The van der Waals surface area contributed by atoms with Gasteiger partial charge in [-0.15, -0.1) is 0 Å². The average molecular weight is 265 g/mol. The molecule has 0 unspecified atom stereocenters. The lowest BCUT2D eigenvalue weighted by atomic mass is 10.0. The first-order chi connectivity index (χ1) is 9.76. The highest BCUT2D eigenvalue weighted by Gasteiger charge is 2.41. The van der Waals surface area contributed by atoms with Gasteiger partial charge in [-0.1, -0.05) is 31.5 Å². The minimum Gasteiger partial charge on any atom is -0.369 e. The number of anilines is 1. The highest BCUT2D eigenvalue weighted by Crippen LogP contribution is 2.49. The summed E-state index contributed by atoms with van der Waals surface area (Å²) in [6, 6.07) is 11.9. The average Bonchev–Trinajstić information content (AvgIpc) is 3.25. The predicted molar refractivity (Wildman–Crippen MR) is 81.5 cm³/mol. The quantitative estimate of drug-likeness (QED) is 0.885. The fourth-order valence-corrected chi connectivity index (χ4v) is 2.86. The van der Waals surface area contributed by atoms with Crippen LogP contribution in [0.4, 0.5) is 5.82 Å². The lowest BCUT2D eigenvalue weighted by molar-refractivity contribution is 0.485. The Morgan fingerprint density at radius 3 is 2.85 bits per heavy atom. The molecule has 1 N–H and O–H groups in total. The Labute approximate surface area is 119 Å². The molecule has 1 aliphatic carbocycles. The van der Waals surface area contributed by atoms with Crippen LogP contribution in [0, 0.1) is 16.7 Å². The zero-order chi connectivity index (χ0) is 14.0. The molecule has 2 aromatic rings. The minimum atomic E-state index is 0.481. The molecule has 3 nitrogen and oxygen atoms in total. The van der Waals surface area contributed by atoms with Crippen LogP contribution in [0.2, 0.25) is 0 Å². The number of nitriles is 1. The summed E-state index contributed by atoms with van der Waals surface area (Å²) in [5.74, 6) is 0.822. The molecular formula is C17H19N3. The van der Waals surface area contributed by atoms with Gasteiger partial charge in [-0.3, -0.25) is 0 Å². The normalized spacial score (nSPS) is 15.8. The molecule has 1 fully saturated rings. The first-order valence-electron chi connectivity index (χ1n) is 7.30. The highest BCUT2D eigenvalue weighted by molar-refractivity contribution is 5.86. The van der Waals surface area contributed by atoms with Gasteiger partial charge in [0.2, 0.25) is 0 Å². The van der Waals surface area contributed by atoms with Gasteiger partial charge in [-0.05, 0) is 36.8 Å². The molecular weight excluding hydrogens is 246 g/mol. The largest absolute Gasteiger partial charge is 0.369 e. The van der Waals surface area contributed by atoms with Crippen molar-refractivity contribution in [1.29, 1.82) is 5.26 Å². The lowest BCUT2D eigenvalue weighted by Crippen LogP contribution is -2.16. The molecule has 1 saturated carbocycles. The lowest BCUT2D eigenvalue weighted by Gasteiger charge is -2.15. The number of para-hydroxylation sites is 1. The smallest absolute Gasteiger partial charge is 0.128 e. The molecule has 1 heterocycles. The Bertz CT molecular complexity index is 665. The number of fused-ring (bicyclic) bond motifs is 1. The van der Waals surface area contributed by atoms with E-state index < -0.39 is 0 Å². The maximum absolute atomic E-state index is 9.28. The minimum absolute atomic E-state index is 0.481. The summed E-state index contributed by atoms with van der Waals surface area (Å²) in [6.45, 7) is 3.21. The van der Waals surface area contributed by atoms with Crippen LogP contribution in [0.3, 0.4) is 0 Å². The Balaban J connectivity index is 1.84. The molecule has 1 aromatic heterocycles. The third-order valence-electron chi connectivity index (χ3n) is 4.22. The van der Waals surface area contributed by atoms with E-state index in [-0.39, 0.29) is 0 Å². The SMILES string of the molecule is CCCC1(CNc2cc(C#N)c3ccccc3n2)CC1. The van der Waals surface area contributed by atoms with Crippen LogP contribution in [0.5, 0.6) is 0 Å². The van der Waals surface area contributed by atoms with E-state index >= 15 is 0 Å². The van der Waals surface area contributed by atoms with Gasteiger partial charge in [0.25, 0.3) is 0 Å². The second-order valence-electron chi connectivity index (χ2n) is 5.79. The van der Waals surface area contributed by atoms with Crippen LogP contribution in [0.15, 0.2) is 30.3 Å². The Morgan fingerprint density at radius 2 is 2.15 bits per heavy atom. The summed E-state index contributed by atoms with van der Waals surface area (Å²) < 4.78 is 0. The summed E-state index contributed by atoms with van der Waals surface area (Å²) in [4.78, 5) is 4.61. The molecule has 0 saturated heterocycles. The molecule has 0 amide bonds. The van der Waals surface area contributed by atoms with E-state index in [1.54, 1.807) is 0 Å². The number of hydrogen-bond acceptors (Lipinski definition) is 3. The zero-order valence-corrected chi connectivity index (χ0v) is 11.8. The maximum atomic E-state index is 9.28. The van der Waals surface area contributed by atoms with Gasteiger partial charge in [0, 0.05) is 11.9 Å². The van der Waals surface area contributed by atoms with Gasteiger partial charge >= 0.3 is 0 Å². The fourth-order valence-electron chi connectivity index (χ4n) is 2.86. The molecule has 1 aromatic carbocycles. The van der Waals surface area contributed by atoms with Crippen molar-refractivity contribution in [3.8, 4) is 6.07 Å². The van der Waals surface area contributed by atoms with Crippen LogP contribution >= 0.6 is 0 Å². The number of nitrogens with one attached hydrogen (secondary N) is 1. The van der Waals surface area contributed by atoms with Crippen LogP contribution < -0.4 is 5.32 Å². The van der Waals surface area contributed by atoms with E-state index in [9.17, 15) is 5.26 Å². The van der Waals surface area contributed by atoms with Crippen LogP contribution in [-0.2, 0) is 0 Å². The third kappa shape index (κ3) is 2.46. The Hall–Kier alpha value is -2.08. The molecule has 102 valence electrons. The van der Waals surface area contributed by atoms with Crippen LogP contribution in [0.1, 0.15) is 38.2 Å². The number of hydrogen-bond donors (Lipinski definition) is 1. The summed E-state index contributed by atoms with van der Waals surface area (Å²) in [5, 5.41) is 13.6. The van der Waals surface area contributed by atoms with Crippen molar-refractivity contribution in [2.45, 2.75) is 32.6 Å². The first-order valence-corrected chi connectivity index (χ1v) is 7.30. The topological polar surface area (TPSA) is 48.7 Å². The van der Waals surface area contributed by atoms with Crippen molar-refractivity contribution in [3.63, 3.8) is 0 Å². The van der Waals surface area contributed by atoms with Gasteiger partial charge in [-0.25, -0.2) is 4.98 Å². The van der Waals surface area contributed by atoms with Gasteiger partial charge in [0.1, 0.15) is 5.82 Å². The van der Waals surface area contributed by atoms with Gasteiger partial charge in [-0.2, -0.15) is 5.26 Å². The van der Waals surface area contributed by atoms with E-state index in [0.717, 1.165) is 23.3 Å². The van der Waals surface area contributed by atoms with E-state index in [1.807, 2.05) is 30.3 Å². The van der Waals surface area contributed by atoms with Crippen LogP contribution in [0.25, 0.3) is 10.9 Å². The molecule has 1 aliphatic rings. The second-order valence-corrected chi connectivity index (χ2v) is 5.79. The van der Waals surface area contributed by atoms with Gasteiger partial charge < -0.3 is 5.32 Å².